The van der Waals surface area contributed by atoms with Gasteiger partial charge in [-0.2, -0.15) is 11.8 Å². The summed E-state index contributed by atoms with van der Waals surface area (Å²) in [6.45, 7) is 8.44. The first-order valence-electron chi connectivity index (χ1n) is 5.41. The van der Waals surface area contributed by atoms with Gasteiger partial charge in [0.25, 0.3) is 0 Å². The monoisotopic (exact) mass is 231 g/mol. The molecular weight excluding hydrogens is 210 g/mol. The molecule has 1 rings (SSSR count). The zero-order valence-corrected chi connectivity index (χ0v) is 10.7. The van der Waals surface area contributed by atoms with E-state index in [1.165, 1.54) is 0 Å². The van der Waals surface area contributed by atoms with Gasteiger partial charge in [0.2, 0.25) is 0 Å². The molecule has 1 aliphatic rings. The fraction of sp³-hybridized carbons (Fsp3) is 0.909. The lowest BCUT2D eigenvalue weighted by atomic mass is 9.88. The second kappa shape index (κ2) is 4.74. The van der Waals surface area contributed by atoms with E-state index in [0.29, 0.717) is 16.7 Å². The smallest absolute Gasteiger partial charge is 0.320 e. The highest BCUT2D eigenvalue weighted by Crippen LogP contribution is 2.39. The predicted molar refractivity (Wildman–Crippen MR) is 64.3 cm³/mol. The minimum Gasteiger partial charge on any atom is -0.480 e. The van der Waals surface area contributed by atoms with Crippen LogP contribution in [0.4, 0.5) is 0 Å². The average molecular weight is 231 g/mol. The maximum Gasteiger partial charge on any atom is 0.320 e. The van der Waals surface area contributed by atoms with Crippen molar-refractivity contribution < 1.29 is 9.90 Å². The number of carboxylic acids is 1. The molecule has 4 heteroatoms. The molecule has 0 spiro atoms. The second-order valence-electron chi connectivity index (χ2n) is 5.35. The molecule has 15 heavy (non-hydrogen) atoms. The molecule has 0 aromatic carbocycles. The van der Waals surface area contributed by atoms with Crippen LogP contribution in [0.25, 0.3) is 0 Å². The SMILES string of the molecule is C[C@@H](NC1CSC(C(C)(C)C)C1)C(=O)O. The Kier molecular flexibility index (Phi) is 4.06. The molecule has 1 heterocycles. The molecule has 1 aliphatic heterocycles. The molecule has 0 aromatic heterocycles. The first kappa shape index (κ1) is 12.8. The molecule has 0 saturated carbocycles. The van der Waals surface area contributed by atoms with Gasteiger partial charge in [0, 0.05) is 17.0 Å². The van der Waals surface area contributed by atoms with Crippen LogP contribution in [0.2, 0.25) is 0 Å². The first-order chi connectivity index (χ1) is 6.80. The lowest BCUT2D eigenvalue weighted by molar-refractivity contribution is -0.139. The van der Waals surface area contributed by atoms with E-state index >= 15 is 0 Å². The molecule has 88 valence electrons. The number of hydrogen-bond acceptors (Lipinski definition) is 3. The second-order valence-corrected chi connectivity index (χ2v) is 6.58. The van der Waals surface area contributed by atoms with Gasteiger partial charge >= 0.3 is 5.97 Å². The predicted octanol–water partition coefficient (Wildman–Crippen LogP) is 1.97. The normalized spacial score (nSPS) is 29.1. The van der Waals surface area contributed by atoms with Crippen LogP contribution in [-0.2, 0) is 4.79 Å². The lowest BCUT2D eigenvalue weighted by Crippen LogP contribution is -2.42. The largest absolute Gasteiger partial charge is 0.480 e. The van der Waals surface area contributed by atoms with Crippen molar-refractivity contribution >= 4 is 17.7 Å². The summed E-state index contributed by atoms with van der Waals surface area (Å²) in [6.07, 6.45) is 1.08. The molecule has 3 atom stereocenters. The van der Waals surface area contributed by atoms with E-state index in [1.807, 2.05) is 11.8 Å². The van der Waals surface area contributed by atoms with Crippen molar-refractivity contribution in [3.63, 3.8) is 0 Å². The Labute approximate surface area is 96.0 Å². The van der Waals surface area contributed by atoms with Gasteiger partial charge in [-0.3, -0.25) is 4.79 Å². The highest BCUT2D eigenvalue weighted by Gasteiger charge is 2.34. The van der Waals surface area contributed by atoms with Crippen LogP contribution in [-0.4, -0.2) is 34.2 Å². The Balaban J connectivity index is 2.40. The van der Waals surface area contributed by atoms with Gasteiger partial charge in [0.15, 0.2) is 0 Å². The van der Waals surface area contributed by atoms with Crippen LogP contribution >= 0.6 is 11.8 Å². The standard InChI is InChI=1S/C11H21NO2S/c1-7(10(13)14)12-8-5-9(15-6-8)11(2,3)4/h7-9,12H,5-6H2,1-4H3,(H,13,14)/t7-,8?,9?/m1/s1. The van der Waals surface area contributed by atoms with Crippen LogP contribution in [0.1, 0.15) is 34.1 Å². The zero-order valence-electron chi connectivity index (χ0n) is 9.91. The van der Waals surface area contributed by atoms with Gasteiger partial charge in [-0.15, -0.1) is 0 Å². The fourth-order valence-corrected chi connectivity index (χ4v) is 3.34. The molecule has 1 saturated heterocycles. The average Bonchev–Trinajstić information content (AvgIpc) is 2.51. The Hall–Kier alpha value is -0.220. The van der Waals surface area contributed by atoms with Crippen LogP contribution in [0.15, 0.2) is 0 Å². The van der Waals surface area contributed by atoms with Crippen LogP contribution in [0.5, 0.6) is 0 Å². The summed E-state index contributed by atoms with van der Waals surface area (Å²) in [6, 6.07) is -0.0837. The molecule has 2 unspecified atom stereocenters. The Bertz CT molecular complexity index is 237. The Morgan fingerprint density at radius 2 is 2.13 bits per heavy atom. The minimum absolute atomic E-state index is 0.313. The van der Waals surface area contributed by atoms with Crippen molar-refractivity contribution in [2.24, 2.45) is 5.41 Å². The number of nitrogens with one attached hydrogen (secondary N) is 1. The number of hydrogen-bond donors (Lipinski definition) is 2. The van der Waals surface area contributed by atoms with Crippen LogP contribution in [0, 0.1) is 5.41 Å². The summed E-state index contributed by atoms with van der Waals surface area (Å²) in [5.41, 5.74) is 0.313. The summed E-state index contributed by atoms with van der Waals surface area (Å²) < 4.78 is 0. The van der Waals surface area contributed by atoms with Crippen molar-refractivity contribution in [3.05, 3.63) is 0 Å². The van der Waals surface area contributed by atoms with Crippen LogP contribution < -0.4 is 5.32 Å². The van der Waals surface area contributed by atoms with Crippen molar-refractivity contribution in [1.29, 1.82) is 0 Å². The number of aliphatic carboxylic acids is 1. The quantitative estimate of drug-likeness (QED) is 0.779. The summed E-state index contributed by atoms with van der Waals surface area (Å²) in [5.74, 6) is 0.263. The van der Waals surface area contributed by atoms with Gasteiger partial charge in [-0.25, -0.2) is 0 Å². The van der Waals surface area contributed by atoms with Gasteiger partial charge in [-0.1, -0.05) is 20.8 Å². The van der Waals surface area contributed by atoms with Gasteiger partial charge < -0.3 is 10.4 Å². The van der Waals surface area contributed by atoms with E-state index in [-0.39, 0.29) is 0 Å². The van der Waals surface area contributed by atoms with Gasteiger partial charge in [-0.05, 0) is 18.8 Å². The summed E-state index contributed by atoms with van der Waals surface area (Å²) in [4.78, 5) is 10.7. The third-order valence-electron chi connectivity index (χ3n) is 2.82. The Morgan fingerprint density at radius 3 is 2.53 bits per heavy atom. The highest BCUT2D eigenvalue weighted by molar-refractivity contribution is 8.00. The van der Waals surface area contributed by atoms with Crippen molar-refractivity contribution in [3.8, 4) is 0 Å². The molecule has 0 aliphatic carbocycles. The molecule has 1 fully saturated rings. The van der Waals surface area contributed by atoms with E-state index in [1.54, 1.807) is 6.92 Å². The van der Waals surface area contributed by atoms with Crippen LogP contribution in [0.3, 0.4) is 0 Å². The maximum atomic E-state index is 10.7. The summed E-state index contributed by atoms with van der Waals surface area (Å²) in [7, 11) is 0. The molecule has 2 N–H and O–H groups in total. The molecule has 3 nitrogen and oxygen atoms in total. The molecule has 0 radical (unpaired) electrons. The third kappa shape index (κ3) is 3.68. The van der Waals surface area contributed by atoms with E-state index in [4.69, 9.17) is 5.11 Å². The molecule has 0 aromatic rings. The van der Waals surface area contributed by atoms with Crippen molar-refractivity contribution in [1.82, 2.24) is 5.32 Å². The summed E-state index contributed by atoms with van der Waals surface area (Å²) in [5, 5.41) is 12.6. The third-order valence-corrected chi connectivity index (χ3v) is 4.72. The van der Waals surface area contributed by atoms with E-state index < -0.39 is 12.0 Å². The molecular formula is C11H21NO2S. The first-order valence-corrected chi connectivity index (χ1v) is 6.46. The molecule has 0 amide bonds. The molecule has 0 bridgehead atoms. The van der Waals surface area contributed by atoms with E-state index in [0.717, 1.165) is 12.2 Å². The minimum atomic E-state index is -0.765. The van der Waals surface area contributed by atoms with E-state index in [9.17, 15) is 4.79 Å². The lowest BCUT2D eigenvalue weighted by Gasteiger charge is -2.26. The van der Waals surface area contributed by atoms with Crippen molar-refractivity contribution in [2.45, 2.75) is 51.4 Å². The highest BCUT2D eigenvalue weighted by atomic mass is 32.2. The zero-order chi connectivity index (χ0) is 11.6. The number of thioether (sulfide) groups is 1. The number of rotatable bonds is 3. The van der Waals surface area contributed by atoms with Crippen molar-refractivity contribution in [2.75, 3.05) is 5.75 Å². The number of carbonyl (C=O) groups is 1. The van der Waals surface area contributed by atoms with Gasteiger partial charge in [0.1, 0.15) is 6.04 Å². The topological polar surface area (TPSA) is 49.3 Å². The number of carboxylic acid groups (broad SMARTS) is 1. The fourth-order valence-electron chi connectivity index (χ4n) is 1.77. The Morgan fingerprint density at radius 1 is 1.53 bits per heavy atom. The summed E-state index contributed by atoms with van der Waals surface area (Å²) >= 11 is 1.96. The van der Waals surface area contributed by atoms with Gasteiger partial charge in [0.05, 0.1) is 0 Å². The maximum absolute atomic E-state index is 10.7. The van der Waals surface area contributed by atoms with E-state index in [2.05, 4.69) is 26.1 Å².